The Bertz CT molecular complexity index is 1580. The number of nitro groups is 1. The van der Waals surface area contributed by atoms with Crippen LogP contribution >= 0.6 is 0 Å². The summed E-state index contributed by atoms with van der Waals surface area (Å²) in [7, 11) is 1.22. The number of benzene rings is 2. The number of ether oxygens (including phenoxy) is 1. The van der Waals surface area contributed by atoms with Gasteiger partial charge in [-0.3, -0.25) is 24.9 Å². The number of amides is 1. The van der Waals surface area contributed by atoms with Crippen LogP contribution in [0.4, 0.5) is 17.3 Å². The maximum atomic E-state index is 13.0. The quantitative estimate of drug-likeness (QED) is 0.132. The van der Waals surface area contributed by atoms with E-state index in [1.54, 1.807) is 23.7 Å². The number of rotatable bonds is 10. The lowest BCUT2D eigenvalue weighted by Gasteiger charge is -2.11. The zero-order valence-corrected chi connectivity index (χ0v) is 22.1. The zero-order valence-electron chi connectivity index (χ0n) is 22.1. The van der Waals surface area contributed by atoms with Crippen molar-refractivity contribution < 1.29 is 19.2 Å². The number of aryl methyl sites for hydroxylation is 3. The maximum absolute atomic E-state index is 13.0. The Morgan fingerprint density at radius 2 is 1.92 bits per heavy atom. The highest BCUT2D eigenvalue weighted by Gasteiger charge is 2.21. The Hall–Kier alpha value is -5.00. The van der Waals surface area contributed by atoms with Gasteiger partial charge < -0.3 is 14.6 Å². The van der Waals surface area contributed by atoms with Crippen molar-refractivity contribution in [1.82, 2.24) is 19.3 Å². The minimum Gasteiger partial charge on any atom is -0.465 e. The third-order valence-electron chi connectivity index (χ3n) is 6.10. The summed E-state index contributed by atoms with van der Waals surface area (Å²) in [6.07, 6.45) is 3.70. The lowest BCUT2D eigenvalue weighted by Crippen LogP contribution is -2.19. The average Bonchev–Trinajstić information content (AvgIpc) is 3.47. The van der Waals surface area contributed by atoms with E-state index < -0.39 is 10.9 Å². The van der Waals surface area contributed by atoms with Gasteiger partial charge in [-0.05, 0) is 50.6 Å². The van der Waals surface area contributed by atoms with Crippen molar-refractivity contribution in [1.29, 1.82) is 0 Å². The van der Waals surface area contributed by atoms with Crippen LogP contribution in [0.1, 0.15) is 39.0 Å². The van der Waals surface area contributed by atoms with Gasteiger partial charge in [-0.15, -0.1) is 0 Å². The number of aromatic nitrogens is 4. The highest BCUT2D eigenvalue weighted by atomic mass is 16.6. The first-order valence-corrected chi connectivity index (χ1v) is 12.3. The van der Waals surface area contributed by atoms with Crippen molar-refractivity contribution in [3.8, 4) is 0 Å². The molecule has 202 valence electrons. The van der Waals surface area contributed by atoms with Gasteiger partial charge in [-0.25, -0.2) is 9.78 Å². The maximum Gasteiger partial charge on any atom is 0.338 e. The van der Waals surface area contributed by atoms with Gasteiger partial charge in [0.2, 0.25) is 5.95 Å². The highest BCUT2D eigenvalue weighted by molar-refractivity contribution is 6.03. The molecule has 4 rings (SSSR count). The number of nitrogens with one attached hydrogen (secondary N) is 2. The standard InChI is InChI=1S/C27H29N7O5/c1-5-33-23(15-18(3)31-33)25(35)30-27-29-20-10-6-7-11-21(20)32(27)13-9-8-12-28-24-17(2)14-19(26(36)39-4)16-22(24)34(37)38/h6-11,14-16,28H,5,12-13H2,1-4H3,(H,29,30,35)/b9-8+. The molecule has 4 aromatic rings. The molecule has 0 bridgehead atoms. The number of para-hydroxylation sites is 2. The molecule has 0 radical (unpaired) electrons. The van der Waals surface area contributed by atoms with E-state index in [0.29, 0.717) is 42.5 Å². The Labute approximate surface area is 224 Å². The van der Waals surface area contributed by atoms with Crippen molar-refractivity contribution >= 4 is 40.2 Å². The minimum absolute atomic E-state index is 0.113. The number of hydrogen-bond acceptors (Lipinski definition) is 8. The minimum atomic E-state index is -0.641. The van der Waals surface area contributed by atoms with Crippen LogP contribution in [0.2, 0.25) is 0 Å². The highest BCUT2D eigenvalue weighted by Crippen LogP contribution is 2.30. The lowest BCUT2D eigenvalue weighted by molar-refractivity contribution is -0.384. The first-order valence-electron chi connectivity index (χ1n) is 12.3. The van der Waals surface area contributed by atoms with E-state index in [1.807, 2.05) is 54.8 Å². The van der Waals surface area contributed by atoms with E-state index >= 15 is 0 Å². The molecule has 0 spiro atoms. The van der Waals surface area contributed by atoms with Crippen LogP contribution in [0.3, 0.4) is 0 Å². The summed E-state index contributed by atoms with van der Waals surface area (Å²) in [6.45, 7) is 6.69. The summed E-state index contributed by atoms with van der Waals surface area (Å²) in [5, 5.41) is 21.9. The van der Waals surface area contributed by atoms with Gasteiger partial charge in [0.05, 0.1) is 34.3 Å². The van der Waals surface area contributed by atoms with E-state index in [1.165, 1.54) is 13.2 Å². The van der Waals surface area contributed by atoms with Gasteiger partial charge in [0.15, 0.2) is 0 Å². The largest absolute Gasteiger partial charge is 0.465 e. The fourth-order valence-electron chi connectivity index (χ4n) is 4.29. The van der Waals surface area contributed by atoms with Crippen molar-refractivity contribution in [3.05, 3.63) is 87.2 Å². The number of carbonyl (C=O) groups is 2. The SMILES string of the molecule is CCn1nc(C)cc1C(=O)Nc1nc2ccccc2n1C/C=C/CNc1c(C)cc(C(=O)OC)cc1[N+](=O)[O-]. The monoisotopic (exact) mass is 531 g/mol. The Balaban J connectivity index is 1.52. The van der Waals surface area contributed by atoms with E-state index in [4.69, 9.17) is 0 Å². The smallest absolute Gasteiger partial charge is 0.338 e. The molecule has 0 saturated carbocycles. The molecule has 2 N–H and O–H groups in total. The van der Waals surface area contributed by atoms with Crippen molar-refractivity contribution in [2.45, 2.75) is 33.9 Å². The number of imidazole rings is 1. The zero-order chi connectivity index (χ0) is 28.1. The number of nitrogens with zero attached hydrogens (tertiary/aromatic N) is 5. The van der Waals surface area contributed by atoms with Crippen LogP contribution in [0.25, 0.3) is 11.0 Å². The summed E-state index contributed by atoms with van der Waals surface area (Å²) in [4.78, 5) is 40.6. The lowest BCUT2D eigenvalue weighted by atomic mass is 10.1. The number of esters is 1. The Morgan fingerprint density at radius 1 is 1.15 bits per heavy atom. The van der Waals surface area contributed by atoms with Crippen LogP contribution in [0, 0.1) is 24.0 Å². The molecule has 2 aromatic carbocycles. The first kappa shape index (κ1) is 27.0. The van der Waals surface area contributed by atoms with Crippen LogP contribution in [0.15, 0.2) is 54.6 Å². The molecule has 0 saturated heterocycles. The van der Waals surface area contributed by atoms with E-state index in [0.717, 1.165) is 16.7 Å². The van der Waals surface area contributed by atoms with Crippen LogP contribution in [-0.4, -0.2) is 49.8 Å². The normalized spacial score (nSPS) is 11.2. The molecule has 0 aliphatic heterocycles. The molecule has 12 nitrogen and oxygen atoms in total. The van der Waals surface area contributed by atoms with Crippen molar-refractivity contribution in [2.75, 3.05) is 24.3 Å². The molecule has 39 heavy (non-hydrogen) atoms. The van der Waals surface area contributed by atoms with E-state index in [-0.39, 0.29) is 17.2 Å². The topological polar surface area (TPSA) is 146 Å². The molecule has 0 atom stereocenters. The molecule has 2 aromatic heterocycles. The Morgan fingerprint density at radius 3 is 2.64 bits per heavy atom. The number of nitro benzene ring substituents is 1. The molecule has 12 heteroatoms. The van der Waals surface area contributed by atoms with Gasteiger partial charge in [0, 0.05) is 25.7 Å². The Kier molecular flexibility index (Phi) is 8.04. The second kappa shape index (κ2) is 11.6. The van der Waals surface area contributed by atoms with Crippen molar-refractivity contribution in [3.63, 3.8) is 0 Å². The van der Waals surface area contributed by atoms with Gasteiger partial charge >= 0.3 is 5.97 Å². The first-order chi connectivity index (χ1) is 18.7. The summed E-state index contributed by atoms with van der Waals surface area (Å²) in [5.74, 6) is -0.555. The predicted molar refractivity (Wildman–Crippen MR) is 147 cm³/mol. The summed E-state index contributed by atoms with van der Waals surface area (Å²) < 4.78 is 8.20. The van der Waals surface area contributed by atoms with Gasteiger partial charge in [-0.1, -0.05) is 24.3 Å². The fourth-order valence-corrected chi connectivity index (χ4v) is 4.29. The van der Waals surface area contributed by atoms with Crippen LogP contribution < -0.4 is 10.6 Å². The summed E-state index contributed by atoms with van der Waals surface area (Å²) >= 11 is 0. The van der Waals surface area contributed by atoms with E-state index in [2.05, 4.69) is 25.5 Å². The van der Waals surface area contributed by atoms with Crippen molar-refractivity contribution in [2.24, 2.45) is 0 Å². The molecule has 0 fully saturated rings. The second-order valence-electron chi connectivity index (χ2n) is 8.76. The second-order valence-corrected chi connectivity index (χ2v) is 8.76. The molecular weight excluding hydrogens is 502 g/mol. The fraction of sp³-hybridized carbons (Fsp3) is 0.259. The predicted octanol–water partition coefficient (Wildman–Crippen LogP) is 4.48. The van der Waals surface area contributed by atoms with Crippen LogP contribution in [-0.2, 0) is 17.8 Å². The number of carbonyl (C=O) groups excluding carboxylic acids is 2. The van der Waals surface area contributed by atoms with E-state index in [9.17, 15) is 19.7 Å². The molecule has 2 heterocycles. The van der Waals surface area contributed by atoms with Gasteiger partial charge in [0.25, 0.3) is 11.6 Å². The number of fused-ring (bicyclic) bond motifs is 1. The summed E-state index contributed by atoms with van der Waals surface area (Å²) in [5.41, 5.74) is 3.54. The van der Waals surface area contributed by atoms with Crippen LogP contribution in [0.5, 0.6) is 0 Å². The molecule has 1 amide bonds. The molecule has 0 unspecified atom stereocenters. The number of anilines is 2. The number of methoxy groups -OCH3 is 1. The molecule has 0 aliphatic carbocycles. The third kappa shape index (κ3) is 5.79. The number of hydrogen-bond donors (Lipinski definition) is 2. The average molecular weight is 532 g/mol. The molecule has 0 aliphatic rings. The number of allylic oxidation sites excluding steroid dienone is 1. The third-order valence-corrected chi connectivity index (χ3v) is 6.10. The molecular formula is C27H29N7O5. The van der Waals surface area contributed by atoms with Gasteiger partial charge in [-0.2, -0.15) is 5.10 Å². The van der Waals surface area contributed by atoms with Gasteiger partial charge in [0.1, 0.15) is 11.4 Å². The summed E-state index contributed by atoms with van der Waals surface area (Å²) in [6, 6.07) is 12.0.